The van der Waals surface area contributed by atoms with E-state index in [1.807, 2.05) is 16.8 Å². The molecule has 4 rings (SSSR count). The lowest BCUT2D eigenvalue weighted by Crippen LogP contribution is -2.47. The van der Waals surface area contributed by atoms with Crippen molar-refractivity contribution in [1.82, 2.24) is 30.0 Å². The number of rotatable bonds is 9. The van der Waals surface area contributed by atoms with Crippen molar-refractivity contribution < 1.29 is 4.74 Å². The molecule has 0 unspecified atom stereocenters. The summed E-state index contributed by atoms with van der Waals surface area (Å²) in [6, 6.07) is 19.1. The van der Waals surface area contributed by atoms with Crippen LogP contribution in [-0.2, 0) is 13.1 Å². The van der Waals surface area contributed by atoms with Gasteiger partial charge in [-0.15, -0.1) is 5.10 Å². The van der Waals surface area contributed by atoms with Gasteiger partial charge in [-0.05, 0) is 40.1 Å². The minimum absolute atomic E-state index is 0.247. The van der Waals surface area contributed by atoms with Gasteiger partial charge >= 0.3 is 0 Å². The monoisotopic (exact) mass is 420 g/mol. The molecule has 31 heavy (non-hydrogen) atoms. The van der Waals surface area contributed by atoms with Crippen LogP contribution in [0.15, 0.2) is 54.6 Å². The summed E-state index contributed by atoms with van der Waals surface area (Å²) in [4.78, 5) is 5.09. The Labute approximate surface area is 184 Å². The molecule has 0 amide bonds. The average Bonchev–Trinajstić information content (AvgIpc) is 3.27. The molecule has 2 heterocycles. The Balaban J connectivity index is 1.42. The first kappa shape index (κ1) is 21.5. The van der Waals surface area contributed by atoms with Crippen molar-refractivity contribution in [2.24, 2.45) is 0 Å². The second-order valence-electron chi connectivity index (χ2n) is 8.14. The number of methoxy groups -OCH3 is 1. The minimum atomic E-state index is 0.247. The van der Waals surface area contributed by atoms with Crippen molar-refractivity contribution in [1.29, 1.82) is 0 Å². The molecule has 0 radical (unpaired) electrons. The van der Waals surface area contributed by atoms with Gasteiger partial charge in [-0.2, -0.15) is 0 Å². The van der Waals surface area contributed by atoms with Gasteiger partial charge in [-0.25, -0.2) is 4.68 Å². The van der Waals surface area contributed by atoms with Crippen LogP contribution in [0.25, 0.3) is 0 Å². The van der Waals surface area contributed by atoms with Crippen molar-refractivity contribution in [3.63, 3.8) is 0 Å². The topological polar surface area (TPSA) is 59.3 Å². The third-order valence-electron chi connectivity index (χ3n) is 6.01. The molecule has 1 fully saturated rings. The quantitative estimate of drug-likeness (QED) is 0.529. The highest BCUT2D eigenvalue weighted by Gasteiger charge is 2.28. The number of hydrogen-bond acceptors (Lipinski definition) is 6. The second kappa shape index (κ2) is 10.5. The zero-order chi connectivity index (χ0) is 21.5. The Morgan fingerprint density at radius 2 is 1.61 bits per heavy atom. The predicted molar refractivity (Wildman–Crippen MR) is 121 cm³/mol. The lowest BCUT2D eigenvalue weighted by atomic mass is 10.1. The number of piperazine rings is 1. The molecular weight excluding hydrogens is 388 g/mol. The molecule has 1 aromatic heterocycles. The first-order valence-corrected chi connectivity index (χ1v) is 11.2. The molecule has 2 aromatic carbocycles. The van der Waals surface area contributed by atoms with E-state index in [0.29, 0.717) is 6.54 Å². The summed E-state index contributed by atoms with van der Waals surface area (Å²) in [6.07, 6.45) is 2.16. The largest absolute Gasteiger partial charge is 0.497 e. The Bertz CT molecular complexity index is 919. The number of benzene rings is 2. The Morgan fingerprint density at radius 3 is 2.29 bits per heavy atom. The van der Waals surface area contributed by atoms with E-state index in [0.717, 1.165) is 62.7 Å². The number of ether oxygens (including phenoxy) is 1. The number of hydrogen-bond donors (Lipinski definition) is 0. The fourth-order valence-electron chi connectivity index (χ4n) is 4.29. The molecule has 0 bridgehead atoms. The maximum atomic E-state index is 5.27. The average molecular weight is 421 g/mol. The van der Waals surface area contributed by atoms with Crippen LogP contribution in [0.5, 0.6) is 5.75 Å². The second-order valence-corrected chi connectivity index (χ2v) is 8.14. The van der Waals surface area contributed by atoms with Crippen molar-refractivity contribution in [2.75, 3.05) is 33.3 Å². The fourth-order valence-corrected chi connectivity index (χ4v) is 4.29. The number of nitrogens with zero attached hydrogens (tertiary/aromatic N) is 6. The van der Waals surface area contributed by atoms with E-state index in [2.05, 4.69) is 74.7 Å². The zero-order valence-corrected chi connectivity index (χ0v) is 18.5. The normalized spacial score (nSPS) is 16.3. The van der Waals surface area contributed by atoms with Crippen LogP contribution >= 0.6 is 0 Å². The summed E-state index contributed by atoms with van der Waals surface area (Å²) in [5, 5.41) is 12.8. The Hall–Kier alpha value is -2.77. The smallest absolute Gasteiger partial charge is 0.168 e. The SMILES string of the molecule is CCC[C@H](c1nnnn1Cc1ccc(OC)cc1)N1CCN(Cc2ccccc2)CC1. The van der Waals surface area contributed by atoms with E-state index >= 15 is 0 Å². The van der Waals surface area contributed by atoms with E-state index < -0.39 is 0 Å². The molecule has 164 valence electrons. The lowest BCUT2D eigenvalue weighted by molar-refractivity contribution is 0.0820. The van der Waals surface area contributed by atoms with Crippen LogP contribution in [0, 0.1) is 0 Å². The van der Waals surface area contributed by atoms with Crippen molar-refractivity contribution in [3.05, 3.63) is 71.5 Å². The molecule has 3 aromatic rings. The predicted octanol–water partition coefficient (Wildman–Crippen LogP) is 3.39. The summed E-state index contributed by atoms with van der Waals surface area (Å²) in [5.41, 5.74) is 2.54. The van der Waals surface area contributed by atoms with Crippen LogP contribution < -0.4 is 4.74 Å². The third kappa shape index (κ3) is 5.48. The van der Waals surface area contributed by atoms with Gasteiger partial charge in [-0.1, -0.05) is 55.8 Å². The molecule has 1 saturated heterocycles. The van der Waals surface area contributed by atoms with E-state index in [1.54, 1.807) is 7.11 Å². The van der Waals surface area contributed by atoms with Gasteiger partial charge in [0.15, 0.2) is 5.82 Å². The molecule has 1 atom stereocenters. The molecule has 7 nitrogen and oxygen atoms in total. The summed E-state index contributed by atoms with van der Waals surface area (Å²) < 4.78 is 7.22. The highest BCUT2D eigenvalue weighted by molar-refractivity contribution is 5.27. The first-order chi connectivity index (χ1) is 15.3. The summed E-state index contributed by atoms with van der Waals surface area (Å²) in [7, 11) is 1.68. The maximum Gasteiger partial charge on any atom is 0.168 e. The van der Waals surface area contributed by atoms with Crippen LogP contribution in [0.3, 0.4) is 0 Å². The van der Waals surface area contributed by atoms with Gasteiger partial charge in [0, 0.05) is 32.7 Å². The van der Waals surface area contributed by atoms with E-state index in [9.17, 15) is 0 Å². The Kier molecular flexibility index (Phi) is 7.27. The molecule has 0 N–H and O–H groups in total. The summed E-state index contributed by atoms with van der Waals surface area (Å²) in [6.45, 7) is 8.11. The zero-order valence-electron chi connectivity index (χ0n) is 18.5. The van der Waals surface area contributed by atoms with Gasteiger partial charge in [0.25, 0.3) is 0 Å². The standard InChI is InChI=1S/C24H32N6O/c1-3-7-23(29-16-14-28(15-17-29)18-20-8-5-4-6-9-20)24-25-26-27-30(24)19-21-10-12-22(31-2)13-11-21/h4-6,8-13,23H,3,7,14-19H2,1-2H3/t23-/m1/s1. The van der Waals surface area contributed by atoms with Gasteiger partial charge in [0.1, 0.15) is 5.75 Å². The number of aromatic nitrogens is 4. The molecule has 1 aliphatic heterocycles. The van der Waals surface area contributed by atoms with E-state index in [1.165, 1.54) is 5.56 Å². The summed E-state index contributed by atoms with van der Waals surface area (Å²) in [5.74, 6) is 1.83. The highest BCUT2D eigenvalue weighted by Crippen LogP contribution is 2.26. The lowest BCUT2D eigenvalue weighted by Gasteiger charge is -2.38. The number of tetrazole rings is 1. The minimum Gasteiger partial charge on any atom is -0.497 e. The van der Waals surface area contributed by atoms with Crippen LogP contribution in [0.1, 0.15) is 42.8 Å². The molecule has 0 spiro atoms. The van der Waals surface area contributed by atoms with Gasteiger partial charge in [0.2, 0.25) is 0 Å². The molecule has 0 saturated carbocycles. The fraction of sp³-hybridized carbons (Fsp3) is 0.458. The molecule has 0 aliphatic carbocycles. The van der Waals surface area contributed by atoms with Crippen molar-refractivity contribution >= 4 is 0 Å². The van der Waals surface area contributed by atoms with Gasteiger partial charge < -0.3 is 4.74 Å². The van der Waals surface area contributed by atoms with E-state index in [4.69, 9.17) is 4.74 Å². The van der Waals surface area contributed by atoms with Crippen molar-refractivity contribution in [2.45, 2.75) is 38.9 Å². The van der Waals surface area contributed by atoms with Gasteiger partial charge in [0.05, 0.1) is 19.7 Å². The summed E-state index contributed by atoms with van der Waals surface area (Å²) >= 11 is 0. The first-order valence-electron chi connectivity index (χ1n) is 11.2. The van der Waals surface area contributed by atoms with Gasteiger partial charge in [-0.3, -0.25) is 9.80 Å². The van der Waals surface area contributed by atoms with Crippen LogP contribution in [0.4, 0.5) is 0 Å². The molecule has 1 aliphatic rings. The highest BCUT2D eigenvalue weighted by atomic mass is 16.5. The Morgan fingerprint density at radius 1 is 0.903 bits per heavy atom. The van der Waals surface area contributed by atoms with E-state index in [-0.39, 0.29) is 6.04 Å². The third-order valence-corrected chi connectivity index (χ3v) is 6.01. The molecule has 7 heteroatoms. The molecular formula is C24H32N6O. The van der Waals surface area contributed by atoms with Crippen LogP contribution in [0.2, 0.25) is 0 Å². The maximum absolute atomic E-state index is 5.27. The van der Waals surface area contributed by atoms with Crippen molar-refractivity contribution in [3.8, 4) is 5.75 Å². The van der Waals surface area contributed by atoms with Crippen LogP contribution in [-0.4, -0.2) is 63.3 Å².